The van der Waals surface area contributed by atoms with Crippen LogP contribution >= 0.6 is 11.5 Å². The summed E-state index contributed by atoms with van der Waals surface area (Å²) >= 11 is 1.07. The van der Waals surface area contributed by atoms with E-state index in [0.29, 0.717) is 22.9 Å². The van der Waals surface area contributed by atoms with Crippen molar-refractivity contribution < 1.29 is 9.84 Å². The first-order valence-corrected chi connectivity index (χ1v) is 8.05. The lowest BCUT2D eigenvalue weighted by atomic mass is 10.1. The van der Waals surface area contributed by atoms with Gasteiger partial charge in [-0.05, 0) is 44.4 Å². The Morgan fingerprint density at radius 2 is 2.22 bits per heavy atom. The van der Waals surface area contributed by atoms with E-state index in [4.69, 9.17) is 10.00 Å². The first-order valence-electron chi connectivity index (χ1n) is 7.28. The number of β-amino-alcohol motifs (C(OH)–C–C–N with tert-alkyl or cyclic N) is 1. The quantitative estimate of drug-likeness (QED) is 0.843. The molecule has 0 fully saturated rings. The van der Waals surface area contributed by atoms with Crippen LogP contribution in [-0.4, -0.2) is 39.5 Å². The molecule has 1 aromatic heterocycles. The molecule has 6 nitrogen and oxygen atoms in total. The van der Waals surface area contributed by atoms with Crippen molar-refractivity contribution in [3.63, 3.8) is 0 Å². The Labute approximate surface area is 139 Å². The molecule has 0 saturated heterocycles. The lowest BCUT2D eigenvalue weighted by molar-refractivity contribution is 0.100. The number of nitriles is 1. The van der Waals surface area contributed by atoms with Gasteiger partial charge in [0.2, 0.25) is 0 Å². The van der Waals surface area contributed by atoms with E-state index in [2.05, 4.69) is 21.0 Å². The van der Waals surface area contributed by atoms with Crippen LogP contribution in [0.1, 0.15) is 25.6 Å². The number of nitrogens with zero attached hydrogens (tertiary/aromatic N) is 3. The standard InChI is InChI=1S/C16H20N4O2S/c1-16(2,3)18-9-12(21)10-22-13-6-4-5-11(7-13)15-14(8-17)23-20-19-15/h4-7,12,18,21H,9-10H2,1-3H3. The second-order valence-corrected chi connectivity index (χ2v) is 6.94. The lowest BCUT2D eigenvalue weighted by Gasteiger charge is -2.23. The van der Waals surface area contributed by atoms with Crippen molar-refractivity contribution in [3.8, 4) is 23.1 Å². The maximum absolute atomic E-state index is 9.96. The van der Waals surface area contributed by atoms with Crippen molar-refractivity contribution in [1.29, 1.82) is 5.26 Å². The summed E-state index contributed by atoms with van der Waals surface area (Å²) in [6, 6.07) is 9.35. The first kappa shape index (κ1) is 17.3. The third-order valence-electron chi connectivity index (χ3n) is 3.01. The predicted octanol–water partition coefficient (Wildman–Crippen LogP) is 2.20. The number of ether oxygens (including phenoxy) is 1. The van der Waals surface area contributed by atoms with E-state index in [1.54, 1.807) is 12.1 Å². The molecule has 0 spiro atoms. The van der Waals surface area contributed by atoms with Crippen LogP contribution in [0.5, 0.6) is 5.75 Å². The van der Waals surface area contributed by atoms with Gasteiger partial charge in [0.15, 0.2) is 4.88 Å². The fourth-order valence-electron chi connectivity index (χ4n) is 1.86. The molecule has 1 heterocycles. The second kappa shape index (κ2) is 7.51. The van der Waals surface area contributed by atoms with E-state index in [9.17, 15) is 5.11 Å². The minimum absolute atomic E-state index is 0.0494. The topological polar surface area (TPSA) is 91.1 Å². The van der Waals surface area contributed by atoms with Crippen molar-refractivity contribution in [2.45, 2.75) is 32.4 Å². The van der Waals surface area contributed by atoms with Gasteiger partial charge < -0.3 is 15.2 Å². The van der Waals surface area contributed by atoms with E-state index in [1.165, 1.54) is 0 Å². The molecule has 1 atom stereocenters. The molecule has 0 aliphatic carbocycles. The molecular weight excluding hydrogens is 312 g/mol. The summed E-state index contributed by atoms with van der Waals surface area (Å²) in [4.78, 5) is 0.469. The summed E-state index contributed by atoms with van der Waals surface area (Å²) in [5, 5.41) is 26.2. The number of benzene rings is 1. The van der Waals surface area contributed by atoms with Crippen molar-refractivity contribution in [2.75, 3.05) is 13.2 Å². The van der Waals surface area contributed by atoms with E-state index >= 15 is 0 Å². The zero-order valence-electron chi connectivity index (χ0n) is 13.4. The van der Waals surface area contributed by atoms with E-state index < -0.39 is 6.10 Å². The molecule has 2 rings (SSSR count). The normalized spacial score (nSPS) is 12.7. The summed E-state index contributed by atoms with van der Waals surface area (Å²) in [5.41, 5.74) is 1.28. The number of aliphatic hydroxyl groups excluding tert-OH is 1. The van der Waals surface area contributed by atoms with Crippen LogP contribution in [0.15, 0.2) is 24.3 Å². The highest BCUT2D eigenvalue weighted by molar-refractivity contribution is 7.06. The van der Waals surface area contributed by atoms with Crippen LogP contribution in [0.3, 0.4) is 0 Å². The van der Waals surface area contributed by atoms with Crippen molar-refractivity contribution in [3.05, 3.63) is 29.1 Å². The van der Waals surface area contributed by atoms with Gasteiger partial charge in [-0.15, -0.1) is 5.10 Å². The van der Waals surface area contributed by atoms with Crippen molar-refractivity contribution in [2.24, 2.45) is 0 Å². The zero-order valence-corrected chi connectivity index (χ0v) is 14.2. The van der Waals surface area contributed by atoms with Gasteiger partial charge in [-0.25, -0.2) is 0 Å². The van der Waals surface area contributed by atoms with Crippen LogP contribution in [0.25, 0.3) is 11.3 Å². The summed E-state index contributed by atoms with van der Waals surface area (Å²) < 4.78 is 9.43. The van der Waals surface area contributed by atoms with E-state index in [-0.39, 0.29) is 12.1 Å². The Hall–Kier alpha value is -2.01. The average Bonchev–Trinajstić information content (AvgIpc) is 2.99. The first-order chi connectivity index (χ1) is 10.9. The van der Waals surface area contributed by atoms with Crippen LogP contribution in [0, 0.1) is 11.3 Å². The summed E-state index contributed by atoms with van der Waals surface area (Å²) in [5.74, 6) is 0.620. The molecule has 23 heavy (non-hydrogen) atoms. The number of rotatable bonds is 6. The Balaban J connectivity index is 1.97. The maximum atomic E-state index is 9.96. The summed E-state index contributed by atoms with van der Waals surface area (Å²) in [6.07, 6.45) is -0.603. The monoisotopic (exact) mass is 332 g/mol. The van der Waals surface area contributed by atoms with Gasteiger partial charge in [0.1, 0.15) is 30.2 Å². The Kier molecular flexibility index (Phi) is 5.66. The van der Waals surface area contributed by atoms with Gasteiger partial charge in [-0.3, -0.25) is 0 Å². The molecule has 0 aliphatic rings. The molecule has 2 aromatic rings. The fraction of sp³-hybridized carbons (Fsp3) is 0.438. The average molecular weight is 332 g/mol. The van der Waals surface area contributed by atoms with Crippen LogP contribution in [0.4, 0.5) is 0 Å². The summed E-state index contributed by atoms with van der Waals surface area (Å²) in [7, 11) is 0. The Bertz CT molecular complexity index is 688. The molecule has 0 radical (unpaired) electrons. The highest BCUT2D eigenvalue weighted by Gasteiger charge is 2.14. The number of hydrogen-bond donors (Lipinski definition) is 2. The van der Waals surface area contributed by atoms with Crippen molar-refractivity contribution >= 4 is 11.5 Å². The van der Waals surface area contributed by atoms with E-state index in [1.807, 2.05) is 32.9 Å². The highest BCUT2D eigenvalue weighted by atomic mass is 32.1. The van der Waals surface area contributed by atoms with Gasteiger partial charge in [0.05, 0.1) is 0 Å². The van der Waals surface area contributed by atoms with Gasteiger partial charge >= 0.3 is 0 Å². The molecule has 1 unspecified atom stereocenters. The SMILES string of the molecule is CC(C)(C)NCC(O)COc1cccc(-c2nnsc2C#N)c1. The van der Waals surface area contributed by atoms with Gasteiger partial charge in [0.25, 0.3) is 0 Å². The van der Waals surface area contributed by atoms with Crippen LogP contribution in [-0.2, 0) is 0 Å². The van der Waals surface area contributed by atoms with Crippen molar-refractivity contribution in [1.82, 2.24) is 14.9 Å². The fourth-order valence-corrected chi connectivity index (χ4v) is 2.35. The van der Waals surface area contributed by atoms with Gasteiger partial charge in [-0.1, -0.05) is 16.6 Å². The third kappa shape index (κ3) is 5.28. The highest BCUT2D eigenvalue weighted by Crippen LogP contribution is 2.26. The van der Waals surface area contributed by atoms with Crippen LogP contribution < -0.4 is 10.1 Å². The van der Waals surface area contributed by atoms with Crippen LogP contribution in [0.2, 0.25) is 0 Å². The van der Waals surface area contributed by atoms with E-state index in [0.717, 1.165) is 17.1 Å². The lowest BCUT2D eigenvalue weighted by Crippen LogP contribution is -2.42. The molecule has 0 aliphatic heterocycles. The molecule has 0 saturated carbocycles. The molecule has 122 valence electrons. The summed E-state index contributed by atoms with van der Waals surface area (Å²) in [6.45, 7) is 6.76. The molecule has 7 heteroatoms. The van der Waals surface area contributed by atoms with Gasteiger partial charge in [0, 0.05) is 17.6 Å². The number of hydrogen-bond acceptors (Lipinski definition) is 7. The minimum Gasteiger partial charge on any atom is -0.491 e. The number of aliphatic hydroxyl groups is 1. The Morgan fingerprint density at radius 3 is 2.91 bits per heavy atom. The minimum atomic E-state index is -0.603. The number of aromatic nitrogens is 2. The molecule has 2 N–H and O–H groups in total. The largest absolute Gasteiger partial charge is 0.491 e. The predicted molar refractivity (Wildman–Crippen MR) is 89.3 cm³/mol. The molecule has 1 aromatic carbocycles. The maximum Gasteiger partial charge on any atom is 0.153 e. The molecule has 0 bridgehead atoms. The Morgan fingerprint density at radius 1 is 1.43 bits per heavy atom. The third-order valence-corrected chi connectivity index (χ3v) is 3.64. The smallest absolute Gasteiger partial charge is 0.153 e. The molecular formula is C16H20N4O2S. The number of nitrogens with one attached hydrogen (secondary N) is 1. The molecule has 0 amide bonds. The van der Waals surface area contributed by atoms with Gasteiger partial charge in [-0.2, -0.15) is 5.26 Å². The zero-order chi connectivity index (χ0) is 16.9. The second-order valence-electron chi connectivity index (χ2n) is 6.19.